The standard InChI is InChI=1S/C22H23N3O3S/c1-13-11-17(7-10-19(13)28-4)21-14(2)29-22(25-21)24-20(27)12-16-5-8-18(9-6-16)23-15(3)26/h5-11H,12H2,1-4H3,(H,23,26)(H,24,25,27). The van der Waals surface area contributed by atoms with E-state index < -0.39 is 0 Å². The van der Waals surface area contributed by atoms with Crippen molar-refractivity contribution in [2.24, 2.45) is 0 Å². The molecule has 0 bridgehead atoms. The van der Waals surface area contributed by atoms with Crippen LogP contribution in [0.4, 0.5) is 10.8 Å². The van der Waals surface area contributed by atoms with Crippen LogP contribution in [-0.4, -0.2) is 23.9 Å². The largest absolute Gasteiger partial charge is 0.496 e. The summed E-state index contributed by atoms with van der Waals surface area (Å²) in [6.45, 7) is 5.44. The molecule has 0 unspecified atom stereocenters. The summed E-state index contributed by atoms with van der Waals surface area (Å²) in [4.78, 5) is 29.1. The van der Waals surface area contributed by atoms with E-state index in [1.54, 1.807) is 19.2 Å². The molecule has 0 aliphatic heterocycles. The van der Waals surface area contributed by atoms with Crippen molar-refractivity contribution in [3.8, 4) is 17.0 Å². The Bertz CT molecular complexity index is 1040. The quantitative estimate of drug-likeness (QED) is 0.625. The molecular formula is C22H23N3O3S. The molecule has 0 fully saturated rings. The monoisotopic (exact) mass is 409 g/mol. The van der Waals surface area contributed by atoms with Crippen molar-refractivity contribution in [2.45, 2.75) is 27.2 Å². The van der Waals surface area contributed by atoms with E-state index in [0.717, 1.165) is 33.0 Å². The number of carbonyl (C=O) groups is 2. The van der Waals surface area contributed by atoms with Crippen LogP contribution < -0.4 is 15.4 Å². The number of benzene rings is 2. The predicted molar refractivity (Wildman–Crippen MR) is 117 cm³/mol. The molecule has 0 atom stereocenters. The zero-order chi connectivity index (χ0) is 21.0. The first kappa shape index (κ1) is 20.5. The zero-order valence-corrected chi connectivity index (χ0v) is 17.6. The van der Waals surface area contributed by atoms with Gasteiger partial charge in [-0.05, 0) is 55.3 Å². The minimum Gasteiger partial charge on any atom is -0.496 e. The van der Waals surface area contributed by atoms with E-state index in [1.807, 2.05) is 44.2 Å². The number of rotatable bonds is 6. The number of hydrogen-bond donors (Lipinski definition) is 2. The number of amides is 2. The van der Waals surface area contributed by atoms with Gasteiger partial charge in [0.25, 0.3) is 0 Å². The second kappa shape index (κ2) is 8.87. The van der Waals surface area contributed by atoms with Gasteiger partial charge in [-0.1, -0.05) is 12.1 Å². The van der Waals surface area contributed by atoms with E-state index >= 15 is 0 Å². The molecule has 0 radical (unpaired) electrons. The summed E-state index contributed by atoms with van der Waals surface area (Å²) in [5.74, 6) is 0.570. The van der Waals surface area contributed by atoms with Crippen LogP contribution in [0.3, 0.4) is 0 Å². The first-order valence-corrected chi connectivity index (χ1v) is 9.96. The molecule has 2 amide bonds. The molecule has 3 aromatic rings. The van der Waals surface area contributed by atoms with E-state index in [4.69, 9.17) is 4.74 Å². The first-order chi connectivity index (χ1) is 13.9. The summed E-state index contributed by atoms with van der Waals surface area (Å²) in [5, 5.41) is 6.16. The number of nitrogens with one attached hydrogen (secondary N) is 2. The highest BCUT2D eigenvalue weighted by Crippen LogP contribution is 2.32. The van der Waals surface area contributed by atoms with Gasteiger partial charge in [-0.25, -0.2) is 4.98 Å². The molecule has 6 nitrogen and oxygen atoms in total. The molecule has 0 aliphatic carbocycles. The molecule has 2 N–H and O–H groups in total. The lowest BCUT2D eigenvalue weighted by molar-refractivity contribution is -0.116. The Labute approximate surface area is 173 Å². The van der Waals surface area contributed by atoms with Crippen molar-refractivity contribution >= 4 is 34.0 Å². The van der Waals surface area contributed by atoms with Crippen molar-refractivity contribution in [1.82, 2.24) is 4.98 Å². The number of hydrogen-bond acceptors (Lipinski definition) is 5. The van der Waals surface area contributed by atoms with Crippen molar-refractivity contribution < 1.29 is 14.3 Å². The lowest BCUT2D eigenvalue weighted by atomic mass is 10.1. The van der Waals surface area contributed by atoms with Gasteiger partial charge in [0.15, 0.2) is 5.13 Å². The zero-order valence-electron chi connectivity index (χ0n) is 16.8. The highest BCUT2D eigenvalue weighted by atomic mass is 32.1. The second-order valence-electron chi connectivity index (χ2n) is 6.71. The molecule has 0 saturated carbocycles. The molecule has 1 aromatic heterocycles. The first-order valence-electron chi connectivity index (χ1n) is 9.14. The maximum absolute atomic E-state index is 12.4. The average Bonchev–Trinajstić information content (AvgIpc) is 3.02. The average molecular weight is 410 g/mol. The fraction of sp³-hybridized carbons (Fsp3) is 0.227. The lowest BCUT2D eigenvalue weighted by Crippen LogP contribution is -2.14. The number of aryl methyl sites for hydroxylation is 2. The molecule has 3 rings (SSSR count). The van der Waals surface area contributed by atoms with E-state index in [2.05, 4.69) is 15.6 Å². The van der Waals surface area contributed by atoms with Gasteiger partial charge in [-0.2, -0.15) is 0 Å². The molecule has 2 aromatic carbocycles. The molecular weight excluding hydrogens is 386 g/mol. The van der Waals surface area contributed by atoms with Crippen molar-refractivity contribution in [1.29, 1.82) is 0 Å². The van der Waals surface area contributed by atoms with Crippen LogP contribution in [0.5, 0.6) is 5.75 Å². The van der Waals surface area contributed by atoms with Crippen LogP contribution in [0, 0.1) is 13.8 Å². The summed E-state index contributed by atoms with van der Waals surface area (Å²) >= 11 is 1.45. The molecule has 29 heavy (non-hydrogen) atoms. The van der Waals surface area contributed by atoms with Gasteiger partial charge in [0.05, 0.1) is 19.2 Å². The molecule has 150 valence electrons. The fourth-order valence-electron chi connectivity index (χ4n) is 3.00. The summed E-state index contributed by atoms with van der Waals surface area (Å²) in [7, 11) is 1.65. The summed E-state index contributed by atoms with van der Waals surface area (Å²) in [6.07, 6.45) is 0.232. The Morgan fingerprint density at radius 1 is 1.07 bits per heavy atom. The van der Waals surface area contributed by atoms with Gasteiger partial charge < -0.3 is 15.4 Å². The molecule has 0 saturated heterocycles. The van der Waals surface area contributed by atoms with E-state index in [-0.39, 0.29) is 18.2 Å². The number of aromatic nitrogens is 1. The number of anilines is 2. The Hall–Kier alpha value is -3.19. The summed E-state index contributed by atoms with van der Waals surface area (Å²) in [6, 6.07) is 13.1. The lowest BCUT2D eigenvalue weighted by Gasteiger charge is -2.06. The van der Waals surface area contributed by atoms with Crippen molar-refractivity contribution in [3.63, 3.8) is 0 Å². The number of carbonyl (C=O) groups excluding carboxylic acids is 2. The molecule has 0 aliphatic rings. The second-order valence-corrected chi connectivity index (χ2v) is 7.91. The molecule has 0 spiro atoms. The molecule has 1 heterocycles. The van der Waals surface area contributed by atoms with Crippen LogP contribution in [0.25, 0.3) is 11.3 Å². The SMILES string of the molecule is COc1ccc(-c2nc(NC(=O)Cc3ccc(NC(C)=O)cc3)sc2C)cc1C. The van der Waals surface area contributed by atoms with Gasteiger partial charge in [0, 0.05) is 23.1 Å². The van der Waals surface area contributed by atoms with Crippen LogP contribution in [0.2, 0.25) is 0 Å². The van der Waals surface area contributed by atoms with Crippen LogP contribution >= 0.6 is 11.3 Å². The van der Waals surface area contributed by atoms with Crippen molar-refractivity contribution in [3.05, 3.63) is 58.5 Å². The third kappa shape index (κ3) is 5.20. The highest BCUT2D eigenvalue weighted by molar-refractivity contribution is 7.16. The van der Waals surface area contributed by atoms with Gasteiger partial charge in [0.2, 0.25) is 11.8 Å². The van der Waals surface area contributed by atoms with Crippen LogP contribution in [0.1, 0.15) is 22.9 Å². The topological polar surface area (TPSA) is 80.3 Å². The van der Waals surface area contributed by atoms with Crippen molar-refractivity contribution in [2.75, 3.05) is 17.7 Å². The predicted octanol–water partition coefficient (Wildman–Crippen LogP) is 4.58. The summed E-state index contributed by atoms with van der Waals surface area (Å²) in [5.41, 5.74) is 4.44. The van der Waals surface area contributed by atoms with Gasteiger partial charge in [-0.3, -0.25) is 9.59 Å². The van der Waals surface area contributed by atoms with Gasteiger partial charge in [0.1, 0.15) is 5.75 Å². The van der Waals surface area contributed by atoms with Crippen LogP contribution in [-0.2, 0) is 16.0 Å². The van der Waals surface area contributed by atoms with E-state index in [0.29, 0.717) is 10.8 Å². The maximum atomic E-state index is 12.4. The third-order valence-electron chi connectivity index (χ3n) is 4.35. The number of ether oxygens (including phenoxy) is 1. The van der Waals surface area contributed by atoms with Gasteiger partial charge >= 0.3 is 0 Å². The number of thiazole rings is 1. The fourth-order valence-corrected chi connectivity index (χ4v) is 3.85. The number of nitrogens with zero attached hydrogens (tertiary/aromatic N) is 1. The summed E-state index contributed by atoms with van der Waals surface area (Å²) < 4.78 is 5.31. The Balaban J connectivity index is 1.68. The third-order valence-corrected chi connectivity index (χ3v) is 5.24. The Morgan fingerprint density at radius 2 is 1.79 bits per heavy atom. The van der Waals surface area contributed by atoms with E-state index in [1.165, 1.54) is 18.3 Å². The van der Waals surface area contributed by atoms with Gasteiger partial charge in [-0.15, -0.1) is 11.3 Å². The molecule has 7 heteroatoms. The Kier molecular flexibility index (Phi) is 6.29. The van der Waals surface area contributed by atoms with Crippen LogP contribution in [0.15, 0.2) is 42.5 Å². The minimum absolute atomic E-state index is 0.127. The maximum Gasteiger partial charge on any atom is 0.230 e. The smallest absolute Gasteiger partial charge is 0.230 e. The number of methoxy groups -OCH3 is 1. The normalized spacial score (nSPS) is 10.5. The van der Waals surface area contributed by atoms with E-state index in [9.17, 15) is 9.59 Å². The minimum atomic E-state index is -0.136. The Morgan fingerprint density at radius 3 is 2.41 bits per heavy atom. The highest BCUT2D eigenvalue weighted by Gasteiger charge is 2.13.